The van der Waals surface area contributed by atoms with Crippen molar-refractivity contribution in [2.75, 3.05) is 13.7 Å². The lowest BCUT2D eigenvalue weighted by molar-refractivity contribution is 0.0954. The molecule has 1 heterocycles. The van der Waals surface area contributed by atoms with Crippen molar-refractivity contribution in [3.05, 3.63) is 77.1 Å². The summed E-state index contributed by atoms with van der Waals surface area (Å²) in [6.45, 7) is 4.57. The van der Waals surface area contributed by atoms with Crippen molar-refractivity contribution in [1.82, 2.24) is 15.1 Å². The van der Waals surface area contributed by atoms with Gasteiger partial charge in [0.15, 0.2) is 0 Å². The van der Waals surface area contributed by atoms with Gasteiger partial charge >= 0.3 is 0 Å². The molecule has 0 bridgehead atoms. The van der Waals surface area contributed by atoms with Gasteiger partial charge in [-0.15, -0.1) is 0 Å². The van der Waals surface area contributed by atoms with Gasteiger partial charge < -0.3 is 10.1 Å². The minimum Gasteiger partial charge on any atom is -0.497 e. The first-order valence-electron chi connectivity index (χ1n) is 8.61. The first kappa shape index (κ1) is 17.7. The van der Waals surface area contributed by atoms with Gasteiger partial charge in [-0.05, 0) is 68.3 Å². The summed E-state index contributed by atoms with van der Waals surface area (Å²) in [5, 5.41) is 7.42. The lowest BCUT2D eigenvalue weighted by Crippen LogP contribution is -2.25. The summed E-state index contributed by atoms with van der Waals surface area (Å²) in [5.41, 5.74) is 4.79. The first-order valence-corrected chi connectivity index (χ1v) is 8.61. The molecule has 3 rings (SSSR count). The predicted octanol–water partition coefficient (Wildman–Crippen LogP) is 3.47. The smallest absolute Gasteiger partial charge is 0.251 e. The van der Waals surface area contributed by atoms with Crippen LogP contribution in [0, 0.1) is 13.8 Å². The molecule has 0 atom stereocenters. The van der Waals surface area contributed by atoms with Gasteiger partial charge in [0.2, 0.25) is 0 Å². The fourth-order valence-corrected chi connectivity index (χ4v) is 2.86. The molecule has 0 unspecified atom stereocenters. The second kappa shape index (κ2) is 7.87. The van der Waals surface area contributed by atoms with Gasteiger partial charge in [-0.1, -0.05) is 12.1 Å². The summed E-state index contributed by atoms with van der Waals surface area (Å²) in [6.07, 6.45) is 0.777. The van der Waals surface area contributed by atoms with E-state index in [9.17, 15) is 4.79 Å². The highest BCUT2D eigenvalue weighted by molar-refractivity contribution is 5.94. The molecule has 0 saturated heterocycles. The van der Waals surface area contributed by atoms with Crippen LogP contribution >= 0.6 is 0 Å². The second-order valence-electron chi connectivity index (χ2n) is 6.24. The van der Waals surface area contributed by atoms with Gasteiger partial charge in [-0.3, -0.25) is 4.79 Å². The molecule has 134 valence electrons. The molecule has 1 amide bonds. The highest BCUT2D eigenvalue weighted by Gasteiger charge is 2.07. The van der Waals surface area contributed by atoms with E-state index in [-0.39, 0.29) is 5.91 Å². The number of nitrogens with zero attached hydrogens (tertiary/aromatic N) is 2. The lowest BCUT2D eigenvalue weighted by Gasteiger charge is -2.08. The molecule has 0 radical (unpaired) electrons. The zero-order valence-corrected chi connectivity index (χ0v) is 15.3. The average Bonchev–Trinajstić information content (AvgIpc) is 3.00. The molecule has 1 N–H and O–H groups in total. The van der Waals surface area contributed by atoms with E-state index >= 15 is 0 Å². The van der Waals surface area contributed by atoms with Crippen LogP contribution in [0.2, 0.25) is 0 Å². The molecule has 1 aromatic heterocycles. The molecular formula is C21H23N3O2. The third-order valence-electron chi connectivity index (χ3n) is 4.24. The van der Waals surface area contributed by atoms with E-state index < -0.39 is 0 Å². The Hall–Kier alpha value is -3.08. The fourth-order valence-electron chi connectivity index (χ4n) is 2.86. The summed E-state index contributed by atoms with van der Waals surface area (Å²) < 4.78 is 7.02. The highest BCUT2D eigenvalue weighted by Crippen LogP contribution is 2.14. The predicted molar refractivity (Wildman–Crippen MR) is 102 cm³/mol. The van der Waals surface area contributed by atoms with Crippen molar-refractivity contribution in [2.45, 2.75) is 20.3 Å². The van der Waals surface area contributed by atoms with Gasteiger partial charge in [0.25, 0.3) is 5.91 Å². The Labute approximate surface area is 153 Å². The largest absolute Gasteiger partial charge is 0.497 e. The maximum Gasteiger partial charge on any atom is 0.251 e. The van der Waals surface area contributed by atoms with Gasteiger partial charge in [0.1, 0.15) is 5.75 Å². The van der Waals surface area contributed by atoms with Crippen molar-refractivity contribution < 1.29 is 9.53 Å². The molecule has 3 aromatic rings. The molecule has 0 fully saturated rings. The summed E-state index contributed by atoms with van der Waals surface area (Å²) in [7, 11) is 1.65. The maximum absolute atomic E-state index is 12.3. The number of carbonyl (C=O) groups is 1. The number of aromatic nitrogens is 2. The van der Waals surface area contributed by atoms with Crippen molar-refractivity contribution in [3.8, 4) is 11.4 Å². The first-order chi connectivity index (χ1) is 12.6. The van der Waals surface area contributed by atoms with E-state index in [0.29, 0.717) is 12.1 Å². The summed E-state index contributed by atoms with van der Waals surface area (Å²) >= 11 is 0. The number of nitrogens with one attached hydrogen (secondary N) is 1. The zero-order valence-electron chi connectivity index (χ0n) is 15.3. The SMILES string of the molecule is COc1ccc(CCNC(=O)c2ccc(-n3nc(C)cc3C)cc2)cc1. The fraction of sp³-hybridized carbons (Fsp3) is 0.238. The van der Waals surface area contributed by atoms with Gasteiger partial charge in [0, 0.05) is 17.8 Å². The standard InChI is InChI=1S/C21H23N3O2/c1-15-14-16(2)24(23-15)19-8-6-18(7-9-19)21(25)22-13-12-17-4-10-20(26-3)11-5-17/h4-11,14H,12-13H2,1-3H3,(H,22,25). The van der Waals surface area contributed by atoms with Gasteiger partial charge in [0.05, 0.1) is 18.5 Å². The van der Waals surface area contributed by atoms with Crippen LogP contribution < -0.4 is 10.1 Å². The van der Waals surface area contributed by atoms with Crippen molar-refractivity contribution in [3.63, 3.8) is 0 Å². The molecular weight excluding hydrogens is 326 g/mol. The average molecular weight is 349 g/mol. The number of hydrogen-bond donors (Lipinski definition) is 1. The number of benzene rings is 2. The van der Waals surface area contributed by atoms with Gasteiger partial charge in [-0.25, -0.2) is 4.68 Å². The van der Waals surface area contributed by atoms with Crippen LogP contribution in [-0.4, -0.2) is 29.3 Å². The molecule has 0 aliphatic rings. The Morgan fingerprint density at radius 1 is 1.08 bits per heavy atom. The topological polar surface area (TPSA) is 56.1 Å². The monoisotopic (exact) mass is 349 g/mol. The van der Waals surface area contributed by atoms with E-state index in [1.54, 1.807) is 7.11 Å². The second-order valence-corrected chi connectivity index (χ2v) is 6.24. The van der Waals surface area contributed by atoms with Crippen LogP contribution in [0.1, 0.15) is 27.3 Å². The van der Waals surface area contributed by atoms with E-state index in [1.807, 2.05) is 73.1 Å². The zero-order chi connectivity index (χ0) is 18.5. The lowest BCUT2D eigenvalue weighted by atomic mass is 10.1. The Morgan fingerprint density at radius 3 is 2.35 bits per heavy atom. The number of carbonyl (C=O) groups excluding carboxylic acids is 1. The highest BCUT2D eigenvalue weighted by atomic mass is 16.5. The van der Waals surface area contributed by atoms with Gasteiger partial charge in [-0.2, -0.15) is 5.10 Å². The van der Waals surface area contributed by atoms with Crippen molar-refractivity contribution in [1.29, 1.82) is 0 Å². The Balaban J connectivity index is 1.57. The number of ether oxygens (including phenoxy) is 1. The van der Waals surface area contributed by atoms with Crippen LogP contribution in [0.4, 0.5) is 0 Å². The van der Waals surface area contributed by atoms with Crippen LogP contribution in [-0.2, 0) is 6.42 Å². The normalized spacial score (nSPS) is 10.6. The van der Waals surface area contributed by atoms with E-state index in [1.165, 1.54) is 0 Å². The summed E-state index contributed by atoms with van der Waals surface area (Å²) in [6, 6.07) is 17.4. The Kier molecular flexibility index (Phi) is 5.37. The molecule has 5 nitrogen and oxygen atoms in total. The molecule has 0 saturated carbocycles. The Morgan fingerprint density at radius 2 is 1.77 bits per heavy atom. The van der Waals surface area contributed by atoms with E-state index in [2.05, 4.69) is 10.4 Å². The quantitative estimate of drug-likeness (QED) is 0.741. The van der Waals surface area contributed by atoms with Crippen LogP contribution in [0.25, 0.3) is 5.69 Å². The third kappa shape index (κ3) is 4.11. The van der Waals surface area contributed by atoms with Crippen LogP contribution in [0.3, 0.4) is 0 Å². The molecule has 0 aliphatic carbocycles. The number of amides is 1. The number of methoxy groups -OCH3 is 1. The Bertz CT molecular complexity index is 881. The summed E-state index contributed by atoms with van der Waals surface area (Å²) in [4.78, 5) is 12.3. The molecule has 0 spiro atoms. The minimum atomic E-state index is -0.0709. The maximum atomic E-state index is 12.3. The third-order valence-corrected chi connectivity index (χ3v) is 4.24. The number of rotatable bonds is 6. The van der Waals surface area contributed by atoms with Crippen LogP contribution in [0.15, 0.2) is 54.6 Å². The van der Waals surface area contributed by atoms with Crippen molar-refractivity contribution >= 4 is 5.91 Å². The molecule has 5 heteroatoms. The number of hydrogen-bond acceptors (Lipinski definition) is 3. The minimum absolute atomic E-state index is 0.0709. The number of aryl methyl sites for hydroxylation is 2. The van der Waals surface area contributed by atoms with E-state index in [0.717, 1.165) is 34.8 Å². The van der Waals surface area contributed by atoms with Crippen LogP contribution in [0.5, 0.6) is 5.75 Å². The molecule has 2 aromatic carbocycles. The molecule has 26 heavy (non-hydrogen) atoms. The van der Waals surface area contributed by atoms with E-state index in [4.69, 9.17) is 4.74 Å². The molecule has 0 aliphatic heterocycles. The summed E-state index contributed by atoms with van der Waals surface area (Å²) in [5.74, 6) is 0.763. The van der Waals surface area contributed by atoms with Crippen molar-refractivity contribution in [2.24, 2.45) is 0 Å².